The Labute approximate surface area is 81.8 Å². The van der Waals surface area contributed by atoms with Crippen LogP contribution >= 0.6 is 0 Å². The maximum Gasteiger partial charge on any atom is 0.488 e. The third kappa shape index (κ3) is 1.71. The lowest BCUT2D eigenvalue weighted by molar-refractivity contribution is 0.426. The van der Waals surface area contributed by atoms with Crippen LogP contribution in [0.5, 0.6) is 0 Å². The standard InChI is InChI=1S/C10H9BO3/c12-11(13)10-3-1-2-8(6-10)9-4-5-14-7-9/h1-7,12-13H. The van der Waals surface area contributed by atoms with Crippen molar-refractivity contribution in [3.8, 4) is 11.1 Å². The molecule has 0 radical (unpaired) electrons. The van der Waals surface area contributed by atoms with Crippen molar-refractivity contribution in [1.82, 2.24) is 0 Å². The van der Waals surface area contributed by atoms with E-state index < -0.39 is 7.12 Å². The Bertz CT molecular complexity index is 409. The second-order valence-electron chi connectivity index (χ2n) is 3.01. The molecule has 14 heavy (non-hydrogen) atoms. The minimum absolute atomic E-state index is 0.476. The van der Waals surface area contributed by atoms with Gasteiger partial charge in [0.1, 0.15) is 0 Å². The molecule has 1 heterocycles. The topological polar surface area (TPSA) is 53.6 Å². The van der Waals surface area contributed by atoms with Crippen LogP contribution in [0.4, 0.5) is 0 Å². The van der Waals surface area contributed by atoms with Gasteiger partial charge in [0.15, 0.2) is 0 Å². The van der Waals surface area contributed by atoms with Crippen LogP contribution in [0.15, 0.2) is 47.3 Å². The first-order chi connectivity index (χ1) is 6.77. The van der Waals surface area contributed by atoms with Gasteiger partial charge in [-0.25, -0.2) is 0 Å². The molecule has 0 aliphatic rings. The number of rotatable bonds is 2. The second-order valence-corrected chi connectivity index (χ2v) is 3.01. The SMILES string of the molecule is OB(O)c1cccc(-c2ccoc2)c1. The summed E-state index contributed by atoms with van der Waals surface area (Å²) in [5, 5.41) is 18.0. The van der Waals surface area contributed by atoms with Crippen molar-refractivity contribution in [2.45, 2.75) is 0 Å². The maximum absolute atomic E-state index is 8.98. The largest absolute Gasteiger partial charge is 0.488 e. The van der Waals surface area contributed by atoms with Crippen LogP contribution in [-0.4, -0.2) is 17.2 Å². The lowest BCUT2D eigenvalue weighted by Crippen LogP contribution is -2.29. The van der Waals surface area contributed by atoms with Crippen molar-refractivity contribution in [3.63, 3.8) is 0 Å². The molecule has 0 saturated carbocycles. The first-order valence-corrected chi connectivity index (χ1v) is 4.26. The monoisotopic (exact) mass is 188 g/mol. The van der Waals surface area contributed by atoms with Crippen molar-refractivity contribution in [2.75, 3.05) is 0 Å². The van der Waals surface area contributed by atoms with E-state index in [1.54, 1.807) is 30.7 Å². The zero-order valence-electron chi connectivity index (χ0n) is 7.42. The van der Waals surface area contributed by atoms with Gasteiger partial charge in [0.05, 0.1) is 12.5 Å². The maximum atomic E-state index is 8.98. The van der Waals surface area contributed by atoms with Crippen molar-refractivity contribution >= 4 is 12.6 Å². The summed E-state index contributed by atoms with van der Waals surface area (Å²) in [4.78, 5) is 0. The third-order valence-corrected chi connectivity index (χ3v) is 2.04. The fraction of sp³-hybridized carbons (Fsp3) is 0. The molecule has 0 spiro atoms. The molecule has 2 rings (SSSR count). The van der Waals surface area contributed by atoms with Gasteiger partial charge in [0, 0.05) is 5.56 Å². The zero-order valence-corrected chi connectivity index (χ0v) is 7.42. The lowest BCUT2D eigenvalue weighted by Gasteiger charge is -2.01. The van der Waals surface area contributed by atoms with E-state index in [-0.39, 0.29) is 0 Å². The summed E-state index contributed by atoms with van der Waals surface area (Å²) in [6.45, 7) is 0. The fourth-order valence-electron chi connectivity index (χ4n) is 1.31. The van der Waals surface area contributed by atoms with Crippen molar-refractivity contribution in [3.05, 3.63) is 42.9 Å². The van der Waals surface area contributed by atoms with Crippen LogP contribution in [-0.2, 0) is 0 Å². The van der Waals surface area contributed by atoms with Gasteiger partial charge >= 0.3 is 7.12 Å². The Kier molecular flexibility index (Phi) is 2.39. The molecule has 0 bridgehead atoms. The predicted octanol–water partition coefficient (Wildman–Crippen LogP) is 0.626. The quantitative estimate of drug-likeness (QED) is 0.679. The molecule has 70 valence electrons. The predicted molar refractivity (Wildman–Crippen MR) is 54.0 cm³/mol. The van der Waals surface area contributed by atoms with Crippen LogP contribution in [0.25, 0.3) is 11.1 Å². The molecule has 2 aromatic rings. The van der Waals surface area contributed by atoms with E-state index in [0.29, 0.717) is 5.46 Å². The number of hydrogen-bond donors (Lipinski definition) is 2. The average molecular weight is 188 g/mol. The first-order valence-electron chi connectivity index (χ1n) is 4.26. The number of hydrogen-bond acceptors (Lipinski definition) is 3. The molecule has 0 aliphatic carbocycles. The van der Waals surface area contributed by atoms with Crippen molar-refractivity contribution in [1.29, 1.82) is 0 Å². The molecule has 1 aromatic carbocycles. The van der Waals surface area contributed by atoms with Crippen LogP contribution in [0, 0.1) is 0 Å². The Morgan fingerprint density at radius 3 is 2.57 bits per heavy atom. The van der Waals surface area contributed by atoms with Crippen LogP contribution in [0.1, 0.15) is 0 Å². The van der Waals surface area contributed by atoms with E-state index >= 15 is 0 Å². The minimum atomic E-state index is -1.43. The van der Waals surface area contributed by atoms with E-state index in [9.17, 15) is 0 Å². The zero-order chi connectivity index (χ0) is 9.97. The highest BCUT2D eigenvalue weighted by Gasteiger charge is 2.11. The molecule has 2 N–H and O–H groups in total. The molecule has 0 atom stereocenters. The van der Waals surface area contributed by atoms with Crippen LogP contribution < -0.4 is 5.46 Å². The highest BCUT2D eigenvalue weighted by atomic mass is 16.4. The molecular formula is C10H9BO3. The second kappa shape index (κ2) is 3.70. The van der Waals surface area contributed by atoms with Crippen LogP contribution in [0.2, 0.25) is 0 Å². The molecule has 0 unspecified atom stereocenters. The number of benzene rings is 1. The summed E-state index contributed by atoms with van der Waals surface area (Å²) < 4.78 is 4.94. The van der Waals surface area contributed by atoms with Gasteiger partial charge < -0.3 is 14.5 Å². The Morgan fingerprint density at radius 1 is 1.07 bits per heavy atom. The summed E-state index contributed by atoms with van der Waals surface area (Å²) in [5.41, 5.74) is 2.31. The molecule has 1 aromatic heterocycles. The van der Waals surface area contributed by atoms with E-state index in [0.717, 1.165) is 11.1 Å². The van der Waals surface area contributed by atoms with Gasteiger partial charge in [-0.1, -0.05) is 24.3 Å². The van der Waals surface area contributed by atoms with E-state index in [2.05, 4.69) is 0 Å². The minimum Gasteiger partial charge on any atom is -0.472 e. The smallest absolute Gasteiger partial charge is 0.472 e. The fourth-order valence-corrected chi connectivity index (χ4v) is 1.31. The molecule has 0 fully saturated rings. The lowest BCUT2D eigenvalue weighted by atomic mass is 9.79. The molecule has 0 aliphatic heterocycles. The van der Waals surface area contributed by atoms with E-state index in [1.165, 1.54) is 0 Å². The molecule has 3 nitrogen and oxygen atoms in total. The van der Waals surface area contributed by atoms with Crippen LogP contribution in [0.3, 0.4) is 0 Å². The summed E-state index contributed by atoms with van der Waals surface area (Å²) in [7, 11) is -1.43. The van der Waals surface area contributed by atoms with Gasteiger partial charge in [-0.3, -0.25) is 0 Å². The van der Waals surface area contributed by atoms with Crippen molar-refractivity contribution in [2.24, 2.45) is 0 Å². The van der Waals surface area contributed by atoms with E-state index in [4.69, 9.17) is 14.5 Å². The van der Waals surface area contributed by atoms with Gasteiger partial charge in [-0.2, -0.15) is 0 Å². The highest BCUT2D eigenvalue weighted by molar-refractivity contribution is 6.58. The van der Waals surface area contributed by atoms with Gasteiger partial charge in [0.2, 0.25) is 0 Å². The third-order valence-electron chi connectivity index (χ3n) is 2.04. The molecular weight excluding hydrogens is 179 g/mol. The summed E-state index contributed by atoms with van der Waals surface area (Å²) in [6.07, 6.45) is 3.19. The summed E-state index contributed by atoms with van der Waals surface area (Å²) in [6, 6.07) is 8.86. The summed E-state index contributed by atoms with van der Waals surface area (Å²) in [5.74, 6) is 0. The Balaban J connectivity index is 2.41. The highest BCUT2D eigenvalue weighted by Crippen LogP contribution is 2.17. The average Bonchev–Trinajstić information content (AvgIpc) is 2.71. The van der Waals surface area contributed by atoms with Gasteiger partial charge in [-0.15, -0.1) is 0 Å². The van der Waals surface area contributed by atoms with E-state index in [1.807, 2.05) is 12.1 Å². The Hall–Kier alpha value is -1.52. The first kappa shape index (κ1) is 9.06. The normalized spacial score (nSPS) is 10.1. The molecule has 0 saturated heterocycles. The van der Waals surface area contributed by atoms with Gasteiger partial charge in [0.25, 0.3) is 0 Å². The van der Waals surface area contributed by atoms with Gasteiger partial charge in [-0.05, 0) is 17.1 Å². The molecule has 4 heteroatoms. The Morgan fingerprint density at radius 2 is 1.93 bits per heavy atom. The summed E-state index contributed by atoms with van der Waals surface area (Å²) >= 11 is 0. The van der Waals surface area contributed by atoms with Crippen molar-refractivity contribution < 1.29 is 14.5 Å². The molecule has 0 amide bonds. The number of furan rings is 1.